The summed E-state index contributed by atoms with van der Waals surface area (Å²) in [7, 11) is 0. The van der Waals surface area contributed by atoms with Crippen LogP contribution < -0.4 is 9.64 Å². The molecular formula is C16H21FN2O4. The van der Waals surface area contributed by atoms with E-state index in [0.29, 0.717) is 30.9 Å². The van der Waals surface area contributed by atoms with Crippen molar-refractivity contribution in [3.8, 4) is 5.75 Å². The number of aliphatic hydroxyl groups is 1. The van der Waals surface area contributed by atoms with Gasteiger partial charge in [0.05, 0.1) is 11.5 Å². The SMILES string of the molecule is CC1(C)Cc2cc([N+](=O)[O-])c(N3CCC(F)(CO)CC3)cc2O1. The summed E-state index contributed by atoms with van der Waals surface area (Å²) >= 11 is 0. The van der Waals surface area contributed by atoms with Crippen molar-refractivity contribution in [2.75, 3.05) is 24.6 Å². The first-order valence-corrected chi connectivity index (χ1v) is 7.78. The minimum absolute atomic E-state index is 0.0282. The van der Waals surface area contributed by atoms with Crippen LogP contribution in [-0.2, 0) is 6.42 Å². The molecule has 0 radical (unpaired) electrons. The number of hydrogen-bond acceptors (Lipinski definition) is 5. The first kappa shape index (κ1) is 16.0. The minimum atomic E-state index is -1.58. The van der Waals surface area contributed by atoms with Crippen molar-refractivity contribution in [1.29, 1.82) is 0 Å². The zero-order chi connectivity index (χ0) is 16.8. The van der Waals surface area contributed by atoms with E-state index >= 15 is 0 Å². The Morgan fingerprint density at radius 1 is 1.39 bits per heavy atom. The lowest BCUT2D eigenvalue weighted by Gasteiger charge is -2.36. The molecule has 1 N–H and O–H groups in total. The van der Waals surface area contributed by atoms with Gasteiger partial charge in [-0.25, -0.2) is 4.39 Å². The van der Waals surface area contributed by atoms with Crippen LogP contribution in [-0.4, -0.2) is 41.0 Å². The smallest absolute Gasteiger partial charge is 0.293 e. The van der Waals surface area contributed by atoms with E-state index in [1.165, 1.54) is 0 Å². The number of halogens is 1. The molecule has 1 aromatic rings. The van der Waals surface area contributed by atoms with Crippen molar-refractivity contribution in [1.82, 2.24) is 0 Å². The number of nitro groups is 1. The maximum absolute atomic E-state index is 14.1. The van der Waals surface area contributed by atoms with Gasteiger partial charge in [0.2, 0.25) is 0 Å². The quantitative estimate of drug-likeness (QED) is 0.683. The van der Waals surface area contributed by atoms with Crippen molar-refractivity contribution < 1.29 is 19.2 Å². The molecule has 0 saturated carbocycles. The highest BCUT2D eigenvalue weighted by molar-refractivity contribution is 5.69. The van der Waals surface area contributed by atoms with Gasteiger partial charge in [-0.1, -0.05) is 0 Å². The standard InChI is InChI=1S/C16H21FN2O4/c1-15(2)9-11-7-13(19(21)22)12(8-14(11)23-15)18-5-3-16(17,10-20)4-6-18/h7-8,20H,3-6,9-10H2,1-2H3. The van der Waals surface area contributed by atoms with E-state index in [1.807, 2.05) is 13.8 Å². The average Bonchev–Trinajstić information content (AvgIpc) is 2.79. The zero-order valence-corrected chi connectivity index (χ0v) is 13.3. The molecule has 0 atom stereocenters. The fourth-order valence-electron chi connectivity index (χ4n) is 3.33. The third-order valence-electron chi connectivity index (χ3n) is 4.64. The summed E-state index contributed by atoms with van der Waals surface area (Å²) in [6.45, 7) is 4.04. The van der Waals surface area contributed by atoms with E-state index in [4.69, 9.17) is 9.84 Å². The second kappa shape index (κ2) is 5.33. The van der Waals surface area contributed by atoms with Crippen LogP contribution in [0, 0.1) is 10.1 Å². The van der Waals surface area contributed by atoms with Gasteiger partial charge in [0.25, 0.3) is 5.69 Å². The highest BCUT2D eigenvalue weighted by atomic mass is 19.1. The molecule has 1 aromatic carbocycles. The molecule has 23 heavy (non-hydrogen) atoms. The Balaban J connectivity index is 1.92. The Hall–Kier alpha value is -1.89. The molecule has 1 fully saturated rings. The lowest BCUT2D eigenvalue weighted by atomic mass is 9.93. The predicted molar refractivity (Wildman–Crippen MR) is 83.9 cm³/mol. The number of anilines is 1. The third kappa shape index (κ3) is 2.97. The Bertz CT molecular complexity index is 639. The van der Waals surface area contributed by atoms with Crippen LogP contribution in [0.3, 0.4) is 0 Å². The van der Waals surface area contributed by atoms with Crippen LogP contribution in [0.25, 0.3) is 0 Å². The highest BCUT2D eigenvalue weighted by Crippen LogP contribution is 2.43. The van der Waals surface area contributed by atoms with Gasteiger partial charge in [-0.2, -0.15) is 0 Å². The Morgan fingerprint density at radius 3 is 2.61 bits per heavy atom. The number of ether oxygens (including phenoxy) is 1. The van der Waals surface area contributed by atoms with Gasteiger partial charge in [0.1, 0.15) is 22.7 Å². The van der Waals surface area contributed by atoms with Crippen LogP contribution in [0.1, 0.15) is 32.3 Å². The Kier molecular flexibility index (Phi) is 3.71. The van der Waals surface area contributed by atoms with Crippen molar-refractivity contribution in [2.45, 2.75) is 44.4 Å². The van der Waals surface area contributed by atoms with Crippen LogP contribution in [0.15, 0.2) is 12.1 Å². The molecule has 2 heterocycles. The molecule has 2 aliphatic rings. The number of nitro benzene ring substituents is 1. The van der Waals surface area contributed by atoms with E-state index in [-0.39, 0.29) is 24.1 Å². The van der Waals surface area contributed by atoms with E-state index in [9.17, 15) is 14.5 Å². The minimum Gasteiger partial charge on any atom is -0.487 e. The van der Waals surface area contributed by atoms with E-state index in [2.05, 4.69) is 0 Å². The predicted octanol–water partition coefficient (Wildman–Crippen LogP) is 2.61. The van der Waals surface area contributed by atoms with Crippen molar-refractivity contribution >= 4 is 11.4 Å². The summed E-state index contributed by atoms with van der Waals surface area (Å²) in [5.41, 5.74) is -0.633. The Labute approximate surface area is 134 Å². The first-order chi connectivity index (χ1) is 10.7. The molecular weight excluding hydrogens is 303 g/mol. The number of alkyl halides is 1. The molecule has 2 aliphatic heterocycles. The summed E-state index contributed by atoms with van der Waals surface area (Å²) in [5, 5.41) is 20.5. The van der Waals surface area contributed by atoms with Crippen LogP contribution in [0.5, 0.6) is 5.75 Å². The molecule has 0 unspecified atom stereocenters. The summed E-state index contributed by atoms with van der Waals surface area (Å²) in [6.07, 6.45) is 0.940. The lowest BCUT2D eigenvalue weighted by Crippen LogP contribution is -2.44. The molecule has 0 spiro atoms. The number of rotatable bonds is 3. The number of nitrogens with zero attached hydrogens (tertiary/aromatic N) is 2. The topological polar surface area (TPSA) is 75.8 Å². The number of piperidine rings is 1. The van der Waals surface area contributed by atoms with Gasteiger partial charge >= 0.3 is 0 Å². The van der Waals surface area contributed by atoms with Crippen molar-refractivity contribution in [2.24, 2.45) is 0 Å². The number of hydrogen-bond donors (Lipinski definition) is 1. The molecule has 6 nitrogen and oxygen atoms in total. The van der Waals surface area contributed by atoms with Crippen molar-refractivity contribution in [3.05, 3.63) is 27.8 Å². The second-order valence-electron chi connectivity index (χ2n) is 7.04. The van der Waals surface area contributed by atoms with Crippen molar-refractivity contribution in [3.63, 3.8) is 0 Å². The molecule has 0 aromatic heterocycles. The summed E-state index contributed by atoms with van der Waals surface area (Å²) in [5.74, 6) is 0.662. The molecule has 0 amide bonds. The van der Waals surface area contributed by atoms with E-state index < -0.39 is 17.2 Å². The van der Waals surface area contributed by atoms with E-state index in [0.717, 1.165) is 5.56 Å². The normalized spacial score (nSPS) is 21.7. The van der Waals surface area contributed by atoms with Gasteiger partial charge in [-0.3, -0.25) is 10.1 Å². The fraction of sp³-hybridized carbons (Fsp3) is 0.625. The zero-order valence-electron chi connectivity index (χ0n) is 13.3. The molecule has 7 heteroatoms. The van der Waals surface area contributed by atoms with Gasteiger partial charge in [0.15, 0.2) is 0 Å². The van der Waals surface area contributed by atoms with Gasteiger partial charge < -0.3 is 14.7 Å². The summed E-state index contributed by atoms with van der Waals surface area (Å²) < 4.78 is 20.0. The maximum atomic E-state index is 14.1. The summed E-state index contributed by atoms with van der Waals surface area (Å²) in [4.78, 5) is 12.8. The molecule has 0 aliphatic carbocycles. The highest BCUT2D eigenvalue weighted by Gasteiger charge is 2.38. The second-order valence-corrected chi connectivity index (χ2v) is 7.04. The van der Waals surface area contributed by atoms with Crippen LogP contribution in [0.4, 0.5) is 15.8 Å². The van der Waals surface area contributed by atoms with Crippen LogP contribution >= 0.6 is 0 Å². The summed E-state index contributed by atoms with van der Waals surface area (Å²) in [6, 6.07) is 3.27. The molecule has 126 valence electrons. The molecule has 0 bridgehead atoms. The van der Waals surface area contributed by atoms with Gasteiger partial charge in [0, 0.05) is 50.0 Å². The van der Waals surface area contributed by atoms with E-state index in [1.54, 1.807) is 17.0 Å². The number of aliphatic hydroxyl groups excluding tert-OH is 1. The fourth-order valence-corrected chi connectivity index (χ4v) is 3.33. The third-order valence-corrected chi connectivity index (χ3v) is 4.64. The monoisotopic (exact) mass is 324 g/mol. The molecule has 3 rings (SSSR count). The van der Waals surface area contributed by atoms with Gasteiger partial charge in [-0.15, -0.1) is 0 Å². The lowest BCUT2D eigenvalue weighted by molar-refractivity contribution is -0.384. The van der Waals surface area contributed by atoms with Gasteiger partial charge in [-0.05, 0) is 13.8 Å². The van der Waals surface area contributed by atoms with Crippen LogP contribution in [0.2, 0.25) is 0 Å². The number of fused-ring (bicyclic) bond motifs is 1. The first-order valence-electron chi connectivity index (χ1n) is 7.78. The average molecular weight is 324 g/mol. The molecule has 1 saturated heterocycles. The Morgan fingerprint density at radius 2 is 2.04 bits per heavy atom. The largest absolute Gasteiger partial charge is 0.487 e. The number of benzene rings is 1. The maximum Gasteiger partial charge on any atom is 0.293 e.